The van der Waals surface area contributed by atoms with E-state index in [1.165, 1.54) is 48.5 Å². The molecular weight excluding hydrogens is 395 g/mol. The zero-order valence-electron chi connectivity index (χ0n) is 14.0. The van der Waals surface area contributed by atoms with Crippen molar-refractivity contribution in [1.29, 1.82) is 0 Å². The molecule has 0 saturated carbocycles. The molecule has 3 aromatic rings. The lowest BCUT2D eigenvalue weighted by Crippen LogP contribution is -2.11. The second-order valence-electron chi connectivity index (χ2n) is 5.75. The number of benzene rings is 3. The smallest absolute Gasteiger partial charge is 0.343 e. The molecule has 3 aromatic carbocycles. The normalized spacial score (nSPS) is 11.6. The summed E-state index contributed by atoms with van der Waals surface area (Å²) >= 11 is 0. The lowest BCUT2D eigenvalue weighted by atomic mass is 10.0. The summed E-state index contributed by atoms with van der Waals surface area (Å²) in [6, 6.07) is 12.7. The largest absolute Gasteiger partial charge is 0.423 e. The van der Waals surface area contributed by atoms with Gasteiger partial charge in [0.2, 0.25) is 8.38 Å². The van der Waals surface area contributed by atoms with E-state index in [1.54, 1.807) is 0 Å². The topological polar surface area (TPSA) is 110 Å². The first kappa shape index (κ1) is 19.8. The number of nitro groups is 1. The maximum Gasteiger partial charge on any atom is 0.343 e. The van der Waals surface area contributed by atoms with E-state index in [-0.39, 0.29) is 22.4 Å². The zero-order valence-corrected chi connectivity index (χ0v) is 14.8. The Morgan fingerprint density at radius 2 is 1.64 bits per heavy atom. The van der Waals surface area contributed by atoms with Gasteiger partial charge in [-0.2, -0.15) is 8.78 Å². The molecule has 3 rings (SSSR count). The van der Waals surface area contributed by atoms with Crippen molar-refractivity contribution in [1.82, 2.24) is 0 Å². The van der Waals surface area contributed by atoms with Crippen molar-refractivity contribution in [2.45, 2.75) is 5.66 Å². The highest BCUT2D eigenvalue weighted by Gasteiger charge is 2.40. The Morgan fingerprint density at radius 1 is 1.00 bits per heavy atom. The molecule has 0 heterocycles. The Morgan fingerprint density at radius 3 is 2.25 bits per heavy atom. The first-order valence-corrected chi connectivity index (χ1v) is 9.00. The summed E-state index contributed by atoms with van der Waals surface area (Å²) in [5, 5.41) is 11.5. The number of nitro benzene ring substituents is 1. The van der Waals surface area contributed by atoms with Crippen LogP contribution in [0.3, 0.4) is 0 Å². The summed E-state index contributed by atoms with van der Waals surface area (Å²) in [5.41, 5.74) is -4.48. The first-order valence-electron chi connectivity index (χ1n) is 7.75. The van der Waals surface area contributed by atoms with E-state index < -0.39 is 30.5 Å². The van der Waals surface area contributed by atoms with Crippen LogP contribution in [-0.2, 0) is 5.66 Å². The quantitative estimate of drug-likeness (QED) is 0.214. The summed E-state index contributed by atoms with van der Waals surface area (Å²) < 4.78 is 32.8. The van der Waals surface area contributed by atoms with Crippen LogP contribution in [0.2, 0.25) is 0 Å². The van der Waals surface area contributed by atoms with Gasteiger partial charge in [-0.1, -0.05) is 18.2 Å². The fourth-order valence-corrected chi connectivity index (χ4v) is 2.85. The van der Waals surface area contributed by atoms with Gasteiger partial charge in [0.25, 0.3) is 5.69 Å². The van der Waals surface area contributed by atoms with Gasteiger partial charge >= 0.3 is 11.6 Å². The number of halogens is 2. The molecule has 0 amide bonds. The van der Waals surface area contributed by atoms with E-state index in [1.807, 2.05) is 0 Å². The maximum atomic E-state index is 13.8. The van der Waals surface area contributed by atoms with Gasteiger partial charge in [0.05, 0.1) is 10.5 Å². The molecule has 0 atom stereocenters. The molecule has 28 heavy (non-hydrogen) atoms. The van der Waals surface area contributed by atoms with Gasteiger partial charge in [-0.25, -0.2) is 4.79 Å². The fraction of sp³-hybridized carbons (Fsp3) is 0.0556. The van der Waals surface area contributed by atoms with Gasteiger partial charge in [-0.3, -0.25) is 10.1 Å². The van der Waals surface area contributed by atoms with Crippen molar-refractivity contribution in [3.63, 3.8) is 0 Å². The highest BCUT2D eigenvalue weighted by atomic mass is 31.2. The standard InChI is InChI=1S/C18H12F2NO6P/c19-18(20,28(25)26)14-4-3-11-1-2-12(9-13(11)10-14)17(22)27-16-7-5-15(6-8-16)21(23)24/h1-10,25-26H. The Kier molecular flexibility index (Phi) is 5.33. The highest BCUT2D eigenvalue weighted by Crippen LogP contribution is 2.52. The molecule has 0 aliphatic rings. The predicted octanol–water partition coefficient (Wildman–Crippen LogP) is 4.31. The lowest BCUT2D eigenvalue weighted by Gasteiger charge is -2.17. The van der Waals surface area contributed by atoms with Gasteiger partial charge in [-0.15, -0.1) is 0 Å². The number of carbonyl (C=O) groups excluding carboxylic acids is 1. The molecule has 7 nitrogen and oxygen atoms in total. The third-order valence-corrected chi connectivity index (χ3v) is 4.69. The fourth-order valence-electron chi connectivity index (χ4n) is 2.48. The second kappa shape index (κ2) is 7.55. The number of rotatable bonds is 5. The summed E-state index contributed by atoms with van der Waals surface area (Å²) in [4.78, 5) is 40.2. The second-order valence-corrected chi connectivity index (χ2v) is 6.89. The summed E-state index contributed by atoms with van der Waals surface area (Å²) in [7, 11) is -3.51. The summed E-state index contributed by atoms with van der Waals surface area (Å²) in [5.74, 6) is -0.693. The minimum atomic E-state index is -3.81. The van der Waals surface area contributed by atoms with Crippen LogP contribution in [0.1, 0.15) is 15.9 Å². The van der Waals surface area contributed by atoms with E-state index in [2.05, 4.69) is 0 Å². The molecule has 2 N–H and O–H groups in total. The average molecular weight is 407 g/mol. The van der Waals surface area contributed by atoms with Crippen LogP contribution in [0, 0.1) is 10.1 Å². The SMILES string of the molecule is O=C(Oc1ccc([N+](=O)[O-])cc1)c1ccc2ccc(C(F)(F)P(O)O)cc2c1. The van der Waals surface area contributed by atoms with E-state index in [0.717, 1.165) is 12.1 Å². The van der Waals surface area contributed by atoms with E-state index in [0.29, 0.717) is 5.39 Å². The number of alkyl halides is 2. The number of hydrogen-bond acceptors (Lipinski definition) is 6. The number of nitrogens with zero attached hydrogens (tertiary/aromatic N) is 1. The van der Waals surface area contributed by atoms with Crippen LogP contribution < -0.4 is 4.74 Å². The zero-order chi connectivity index (χ0) is 20.5. The van der Waals surface area contributed by atoms with Gasteiger partial charge < -0.3 is 14.5 Å². The number of carbonyl (C=O) groups is 1. The summed E-state index contributed by atoms with van der Waals surface area (Å²) in [6.07, 6.45) is 0. The van der Waals surface area contributed by atoms with E-state index in [4.69, 9.17) is 14.5 Å². The van der Waals surface area contributed by atoms with Crippen LogP contribution in [-0.4, -0.2) is 20.7 Å². The van der Waals surface area contributed by atoms with E-state index in [9.17, 15) is 23.7 Å². The minimum absolute atomic E-state index is 0.0709. The van der Waals surface area contributed by atoms with Crippen molar-refractivity contribution >= 4 is 30.8 Å². The third kappa shape index (κ3) is 3.96. The van der Waals surface area contributed by atoms with Gasteiger partial charge in [0.15, 0.2) is 0 Å². The van der Waals surface area contributed by atoms with Crippen LogP contribution in [0.15, 0.2) is 60.7 Å². The molecule has 0 radical (unpaired) electrons. The number of hydrogen-bond donors (Lipinski definition) is 2. The molecule has 0 aliphatic carbocycles. The number of non-ortho nitro benzene ring substituents is 1. The third-order valence-electron chi connectivity index (χ3n) is 3.93. The monoisotopic (exact) mass is 407 g/mol. The first-order chi connectivity index (χ1) is 13.2. The average Bonchev–Trinajstić information content (AvgIpc) is 2.67. The minimum Gasteiger partial charge on any atom is -0.423 e. The molecule has 0 saturated heterocycles. The Bertz CT molecular complexity index is 1060. The molecule has 0 aromatic heterocycles. The van der Waals surface area contributed by atoms with Crippen molar-refractivity contribution in [3.8, 4) is 5.75 Å². The van der Waals surface area contributed by atoms with Gasteiger partial charge in [-0.05, 0) is 41.1 Å². The highest BCUT2D eigenvalue weighted by molar-refractivity contribution is 7.46. The van der Waals surface area contributed by atoms with Crippen molar-refractivity contribution < 1.29 is 33.0 Å². The van der Waals surface area contributed by atoms with Crippen LogP contribution in [0.5, 0.6) is 5.75 Å². The Hall–Kier alpha value is -3.00. The van der Waals surface area contributed by atoms with E-state index >= 15 is 0 Å². The molecule has 0 fully saturated rings. The summed E-state index contributed by atoms with van der Waals surface area (Å²) in [6.45, 7) is 0. The molecule has 10 heteroatoms. The molecule has 0 spiro atoms. The van der Waals surface area contributed by atoms with Crippen molar-refractivity contribution in [2.24, 2.45) is 0 Å². The van der Waals surface area contributed by atoms with Gasteiger partial charge in [0.1, 0.15) is 5.75 Å². The van der Waals surface area contributed by atoms with Crippen LogP contribution in [0.4, 0.5) is 14.5 Å². The van der Waals surface area contributed by atoms with Gasteiger partial charge in [0, 0.05) is 17.7 Å². The lowest BCUT2D eigenvalue weighted by molar-refractivity contribution is -0.384. The molecule has 144 valence electrons. The van der Waals surface area contributed by atoms with Crippen molar-refractivity contribution in [2.75, 3.05) is 0 Å². The molecule has 0 aliphatic heterocycles. The molecular formula is C18H12F2NO6P. The molecule has 0 unspecified atom stereocenters. The van der Waals surface area contributed by atoms with Crippen LogP contribution in [0.25, 0.3) is 10.8 Å². The number of esters is 1. The predicted molar refractivity (Wildman–Crippen MR) is 97.3 cm³/mol. The number of fused-ring (bicyclic) bond motifs is 1. The number of ether oxygens (including phenoxy) is 1. The Balaban J connectivity index is 1.88. The molecule has 0 bridgehead atoms. The van der Waals surface area contributed by atoms with Crippen molar-refractivity contribution in [3.05, 3.63) is 81.9 Å². The van der Waals surface area contributed by atoms with Crippen LogP contribution >= 0.6 is 8.38 Å². The Labute approximate surface area is 157 Å². The maximum absolute atomic E-state index is 13.8.